The maximum atomic E-state index is 12.7. The maximum Gasteiger partial charge on any atom is 0.321 e. The lowest BCUT2D eigenvalue weighted by Crippen LogP contribution is -2.40. The van der Waals surface area contributed by atoms with Crippen LogP contribution in [0.1, 0.15) is 23.4 Å². The van der Waals surface area contributed by atoms with Gasteiger partial charge >= 0.3 is 6.03 Å². The van der Waals surface area contributed by atoms with Crippen molar-refractivity contribution >= 4 is 29.4 Å². The number of aryl methyl sites for hydroxylation is 1. The van der Waals surface area contributed by atoms with Gasteiger partial charge in [0.25, 0.3) is 0 Å². The molecule has 0 radical (unpaired) electrons. The Morgan fingerprint density at radius 2 is 1.90 bits per heavy atom. The highest BCUT2D eigenvalue weighted by Gasteiger charge is 2.38. The molecule has 1 N–H and O–H groups in total. The molecule has 3 rings (SSSR count). The SMILES string of the molecule is COc1ccccc1NC(=O)N(C)CCN1C(=O)C(C)SC1c1ccccc1C. The molecule has 0 aliphatic carbocycles. The summed E-state index contributed by atoms with van der Waals surface area (Å²) in [5, 5.41) is 2.75. The van der Waals surface area contributed by atoms with E-state index in [2.05, 4.69) is 24.4 Å². The van der Waals surface area contributed by atoms with Crippen LogP contribution in [0, 0.1) is 6.92 Å². The summed E-state index contributed by atoms with van der Waals surface area (Å²) in [6.07, 6.45) is 0. The van der Waals surface area contributed by atoms with Crippen LogP contribution in [0.2, 0.25) is 0 Å². The number of hydrogen-bond donors (Lipinski definition) is 1. The molecule has 6 nitrogen and oxygen atoms in total. The van der Waals surface area contributed by atoms with Crippen molar-refractivity contribution in [2.24, 2.45) is 0 Å². The van der Waals surface area contributed by atoms with Gasteiger partial charge in [0.15, 0.2) is 0 Å². The number of rotatable bonds is 6. The maximum absolute atomic E-state index is 12.7. The third kappa shape index (κ3) is 4.67. The number of nitrogens with zero attached hydrogens (tertiary/aromatic N) is 2. The van der Waals surface area contributed by atoms with Crippen molar-refractivity contribution in [3.63, 3.8) is 0 Å². The fraction of sp³-hybridized carbons (Fsp3) is 0.364. The summed E-state index contributed by atoms with van der Waals surface area (Å²) in [4.78, 5) is 28.8. The van der Waals surface area contributed by atoms with Crippen LogP contribution < -0.4 is 10.1 Å². The molecule has 1 heterocycles. The van der Waals surface area contributed by atoms with Gasteiger partial charge in [-0.15, -0.1) is 11.8 Å². The molecule has 154 valence electrons. The summed E-state index contributed by atoms with van der Waals surface area (Å²) in [5.41, 5.74) is 2.93. The number of hydrogen-bond acceptors (Lipinski definition) is 4. The normalized spacial score (nSPS) is 18.6. The average molecular weight is 414 g/mol. The Bertz CT molecular complexity index is 889. The minimum Gasteiger partial charge on any atom is -0.495 e. The predicted molar refractivity (Wildman–Crippen MR) is 117 cm³/mol. The van der Waals surface area contributed by atoms with Crippen molar-refractivity contribution in [3.8, 4) is 5.75 Å². The number of methoxy groups -OCH3 is 1. The van der Waals surface area contributed by atoms with Crippen LogP contribution in [-0.2, 0) is 4.79 Å². The van der Waals surface area contributed by atoms with Crippen molar-refractivity contribution < 1.29 is 14.3 Å². The van der Waals surface area contributed by atoms with Crippen LogP contribution in [0.15, 0.2) is 48.5 Å². The number of carbonyl (C=O) groups excluding carboxylic acids is 2. The predicted octanol–water partition coefficient (Wildman–Crippen LogP) is 4.13. The highest BCUT2D eigenvalue weighted by Crippen LogP contribution is 2.43. The van der Waals surface area contributed by atoms with E-state index in [0.717, 1.165) is 5.56 Å². The number of thioether (sulfide) groups is 1. The van der Waals surface area contributed by atoms with Crippen molar-refractivity contribution in [2.75, 3.05) is 32.6 Å². The molecule has 2 aromatic rings. The molecule has 1 fully saturated rings. The molecule has 1 aliphatic rings. The lowest BCUT2D eigenvalue weighted by Gasteiger charge is -2.28. The third-order valence-corrected chi connectivity index (χ3v) is 6.45. The first-order chi connectivity index (χ1) is 13.9. The summed E-state index contributed by atoms with van der Waals surface area (Å²) in [6.45, 7) is 4.91. The van der Waals surface area contributed by atoms with Crippen LogP contribution in [-0.4, -0.2) is 54.2 Å². The second-order valence-electron chi connectivity index (χ2n) is 7.07. The first-order valence-corrected chi connectivity index (χ1v) is 10.5. The molecule has 2 atom stereocenters. The molecule has 0 saturated carbocycles. The minimum absolute atomic E-state index is 0.0237. The third-order valence-electron chi connectivity index (χ3n) is 5.07. The Hall–Kier alpha value is -2.67. The summed E-state index contributed by atoms with van der Waals surface area (Å²) in [5.74, 6) is 0.718. The fourth-order valence-corrected chi connectivity index (χ4v) is 4.73. The smallest absolute Gasteiger partial charge is 0.321 e. The molecule has 29 heavy (non-hydrogen) atoms. The van der Waals surface area contributed by atoms with Gasteiger partial charge < -0.3 is 19.9 Å². The Labute approximate surface area is 176 Å². The van der Waals surface area contributed by atoms with Gasteiger partial charge in [-0.05, 0) is 37.1 Å². The largest absolute Gasteiger partial charge is 0.495 e. The lowest BCUT2D eigenvalue weighted by atomic mass is 10.1. The standard InChI is InChI=1S/C22H27N3O3S/c1-15-9-5-6-10-17(15)21-25(20(26)16(2)29-21)14-13-24(3)22(27)23-18-11-7-8-12-19(18)28-4/h5-12,16,21H,13-14H2,1-4H3,(H,23,27). The molecule has 2 unspecified atom stereocenters. The Kier molecular flexibility index (Phi) is 6.69. The van der Waals surface area contributed by atoms with Crippen LogP contribution >= 0.6 is 11.8 Å². The van der Waals surface area contributed by atoms with Crippen LogP contribution in [0.25, 0.3) is 0 Å². The van der Waals surface area contributed by atoms with Gasteiger partial charge in [0.05, 0.1) is 18.0 Å². The van der Waals surface area contributed by atoms with E-state index in [1.807, 2.05) is 36.1 Å². The zero-order chi connectivity index (χ0) is 21.0. The monoisotopic (exact) mass is 413 g/mol. The van der Waals surface area contributed by atoms with Crippen molar-refractivity contribution in [2.45, 2.75) is 24.5 Å². The molecule has 1 aliphatic heterocycles. The summed E-state index contributed by atoms with van der Waals surface area (Å²) >= 11 is 1.66. The van der Waals surface area contributed by atoms with Crippen molar-refractivity contribution in [1.29, 1.82) is 0 Å². The molecule has 1 saturated heterocycles. The Morgan fingerprint density at radius 1 is 1.21 bits per heavy atom. The van der Waals surface area contributed by atoms with Crippen molar-refractivity contribution in [1.82, 2.24) is 9.80 Å². The quantitative estimate of drug-likeness (QED) is 0.774. The number of amides is 3. The zero-order valence-corrected chi connectivity index (χ0v) is 18.0. The van der Waals surface area contributed by atoms with Crippen LogP contribution in [0.3, 0.4) is 0 Å². The van der Waals surface area contributed by atoms with Gasteiger partial charge in [0.2, 0.25) is 5.91 Å². The van der Waals surface area contributed by atoms with E-state index in [0.29, 0.717) is 24.5 Å². The molecule has 2 aromatic carbocycles. The topological polar surface area (TPSA) is 61.9 Å². The van der Waals surface area contributed by atoms with E-state index in [4.69, 9.17) is 4.74 Å². The number of anilines is 1. The van der Waals surface area contributed by atoms with Gasteiger partial charge in [-0.2, -0.15) is 0 Å². The van der Waals surface area contributed by atoms with E-state index < -0.39 is 0 Å². The number of benzene rings is 2. The number of urea groups is 1. The second kappa shape index (κ2) is 9.22. The Balaban J connectivity index is 1.66. The highest BCUT2D eigenvalue weighted by molar-refractivity contribution is 8.01. The minimum atomic E-state index is -0.241. The van der Waals surface area contributed by atoms with E-state index in [1.165, 1.54) is 5.56 Å². The summed E-state index contributed by atoms with van der Waals surface area (Å²) in [7, 11) is 3.29. The molecule has 3 amide bonds. The van der Waals surface area contributed by atoms with E-state index in [-0.39, 0.29) is 22.6 Å². The van der Waals surface area contributed by atoms with E-state index in [1.54, 1.807) is 43.0 Å². The molecular formula is C22H27N3O3S. The number of ether oxygens (including phenoxy) is 1. The van der Waals surface area contributed by atoms with Gasteiger partial charge in [-0.1, -0.05) is 36.4 Å². The van der Waals surface area contributed by atoms with Crippen LogP contribution in [0.5, 0.6) is 5.75 Å². The van der Waals surface area contributed by atoms with Gasteiger partial charge in [0.1, 0.15) is 11.1 Å². The van der Waals surface area contributed by atoms with E-state index >= 15 is 0 Å². The average Bonchev–Trinajstić information content (AvgIpc) is 3.00. The van der Waals surface area contributed by atoms with Gasteiger partial charge in [-0.3, -0.25) is 4.79 Å². The highest BCUT2D eigenvalue weighted by atomic mass is 32.2. The number of likely N-dealkylation sites (N-methyl/N-ethyl adjacent to an activating group) is 1. The number of para-hydroxylation sites is 2. The van der Waals surface area contributed by atoms with Crippen molar-refractivity contribution in [3.05, 3.63) is 59.7 Å². The number of carbonyl (C=O) groups is 2. The fourth-order valence-electron chi connectivity index (χ4n) is 3.32. The van der Waals surface area contributed by atoms with E-state index in [9.17, 15) is 9.59 Å². The molecule has 0 aromatic heterocycles. The zero-order valence-electron chi connectivity index (χ0n) is 17.2. The van der Waals surface area contributed by atoms with Crippen LogP contribution in [0.4, 0.5) is 10.5 Å². The molecule has 0 bridgehead atoms. The number of nitrogens with one attached hydrogen (secondary N) is 1. The first kappa shape index (κ1) is 21.0. The summed E-state index contributed by atoms with van der Waals surface area (Å²) in [6, 6.07) is 15.2. The van der Waals surface area contributed by atoms with Gasteiger partial charge in [-0.25, -0.2) is 4.79 Å². The van der Waals surface area contributed by atoms with Gasteiger partial charge in [0, 0.05) is 20.1 Å². The first-order valence-electron chi connectivity index (χ1n) is 9.59. The second-order valence-corrected chi connectivity index (χ2v) is 8.50. The molecule has 0 spiro atoms. The molecule has 7 heteroatoms. The molecular weight excluding hydrogens is 386 g/mol. The lowest BCUT2D eigenvalue weighted by molar-refractivity contribution is -0.129. The summed E-state index contributed by atoms with van der Waals surface area (Å²) < 4.78 is 5.28. The Morgan fingerprint density at radius 3 is 2.62 bits per heavy atom.